The fourth-order valence-electron chi connectivity index (χ4n) is 2.13. The molecule has 0 bridgehead atoms. The van der Waals surface area contributed by atoms with Gasteiger partial charge in [-0.05, 0) is 19.1 Å². The quantitative estimate of drug-likeness (QED) is 0.738. The van der Waals surface area contributed by atoms with Gasteiger partial charge in [0.25, 0.3) is 0 Å². The van der Waals surface area contributed by atoms with Crippen LogP contribution in [0, 0.1) is 0 Å². The molecule has 0 saturated carbocycles. The second-order valence-electron chi connectivity index (χ2n) is 4.24. The number of benzene rings is 1. The van der Waals surface area contributed by atoms with Crippen molar-refractivity contribution < 1.29 is 9.53 Å². The Morgan fingerprint density at radius 1 is 1.35 bits per heavy atom. The van der Waals surface area contributed by atoms with E-state index >= 15 is 0 Å². The number of nitrogens with zero attached hydrogens (tertiary/aromatic N) is 3. The largest absolute Gasteiger partial charge is 0.461 e. The van der Waals surface area contributed by atoms with Gasteiger partial charge in [-0.3, -0.25) is 4.40 Å². The summed E-state index contributed by atoms with van der Waals surface area (Å²) in [6.07, 6.45) is 1.68. The van der Waals surface area contributed by atoms with Crippen LogP contribution < -0.4 is 5.32 Å². The van der Waals surface area contributed by atoms with Crippen LogP contribution >= 0.6 is 0 Å². The highest BCUT2D eigenvalue weighted by molar-refractivity contribution is 5.91. The Balaban J connectivity index is 2.30. The highest BCUT2D eigenvalue weighted by Crippen LogP contribution is 2.21. The molecule has 0 spiro atoms. The Morgan fingerprint density at radius 2 is 2.15 bits per heavy atom. The monoisotopic (exact) mass is 270 g/mol. The van der Waals surface area contributed by atoms with Gasteiger partial charge in [0, 0.05) is 13.2 Å². The van der Waals surface area contributed by atoms with Crippen molar-refractivity contribution in [1.29, 1.82) is 0 Å². The van der Waals surface area contributed by atoms with Crippen LogP contribution in [0.2, 0.25) is 0 Å². The number of fused-ring (bicyclic) bond motifs is 3. The second-order valence-corrected chi connectivity index (χ2v) is 4.24. The fraction of sp³-hybridized carbons (Fsp3) is 0.214. The maximum Gasteiger partial charge on any atom is 0.358 e. The van der Waals surface area contributed by atoms with Crippen LogP contribution in [0.3, 0.4) is 0 Å². The molecule has 0 amide bonds. The Kier molecular flexibility index (Phi) is 2.98. The lowest BCUT2D eigenvalue weighted by Gasteiger charge is -2.05. The molecule has 102 valence electrons. The molecule has 3 rings (SSSR count). The lowest BCUT2D eigenvalue weighted by atomic mass is 10.3. The second kappa shape index (κ2) is 4.80. The summed E-state index contributed by atoms with van der Waals surface area (Å²) in [6, 6.07) is 7.70. The van der Waals surface area contributed by atoms with Crippen LogP contribution in [-0.2, 0) is 4.74 Å². The number of esters is 1. The highest BCUT2D eigenvalue weighted by Gasteiger charge is 2.16. The van der Waals surface area contributed by atoms with Crippen molar-refractivity contribution in [1.82, 2.24) is 14.4 Å². The van der Waals surface area contributed by atoms with Crippen molar-refractivity contribution in [3.05, 3.63) is 36.2 Å². The first-order valence-corrected chi connectivity index (χ1v) is 6.37. The van der Waals surface area contributed by atoms with Crippen LogP contribution in [0.15, 0.2) is 30.5 Å². The molecule has 0 fully saturated rings. The number of para-hydroxylation sites is 2. The molecule has 0 atom stereocenters. The summed E-state index contributed by atoms with van der Waals surface area (Å²) >= 11 is 0. The van der Waals surface area contributed by atoms with E-state index in [2.05, 4.69) is 15.3 Å². The predicted octanol–water partition coefficient (Wildman–Crippen LogP) is 2.10. The van der Waals surface area contributed by atoms with Crippen molar-refractivity contribution in [2.45, 2.75) is 6.92 Å². The van der Waals surface area contributed by atoms with Crippen molar-refractivity contribution >= 4 is 28.5 Å². The zero-order valence-electron chi connectivity index (χ0n) is 11.3. The van der Waals surface area contributed by atoms with Gasteiger partial charge in [-0.25, -0.2) is 14.8 Å². The van der Waals surface area contributed by atoms with E-state index < -0.39 is 5.97 Å². The summed E-state index contributed by atoms with van der Waals surface area (Å²) in [5.74, 6) is 0.196. The highest BCUT2D eigenvalue weighted by atomic mass is 16.5. The summed E-state index contributed by atoms with van der Waals surface area (Å²) in [5.41, 5.74) is 2.61. The van der Waals surface area contributed by atoms with Crippen LogP contribution in [-0.4, -0.2) is 34.0 Å². The van der Waals surface area contributed by atoms with Gasteiger partial charge < -0.3 is 10.1 Å². The normalized spacial score (nSPS) is 10.9. The number of imidazole rings is 1. The lowest BCUT2D eigenvalue weighted by Crippen LogP contribution is -2.04. The summed E-state index contributed by atoms with van der Waals surface area (Å²) in [4.78, 5) is 20.6. The number of carbonyl (C=O) groups is 1. The number of hydrogen-bond acceptors (Lipinski definition) is 5. The lowest BCUT2D eigenvalue weighted by molar-refractivity contribution is 0.0520. The Bertz CT molecular complexity index is 794. The third-order valence-electron chi connectivity index (χ3n) is 3.01. The van der Waals surface area contributed by atoms with Gasteiger partial charge in [-0.1, -0.05) is 12.1 Å². The SMILES string of the molecule is CCOC(=O)c1cn2c(n1)c(NC)nc1ccccc12. The van der Waals surface area contributed by atoms with Gasteiger partial charge >= 0.3 is 5.97 Å². The van der Waals surface area contributed by atoms with E-state index in [1.54, 1.807) is 20.2 Å². The Labute approximate surface area is 115 Å². The first kappa shape index (κ1) is 12.4. The van der Waals surface area contributed by atoms with E-state index in [4.69, 9.17) is 4.74 Å². The van der Waals surface area contributed by atoms with Gasteiger partial charge in [0.05, 0.1) is 17.6 Å². The van der Waals surface area contributed by atoms with Gasteiger partial charge in [0.1, 0.15) is 0 Å². The standard InChI is InChI=1S/C14H14N4O2/c1-3-20-14(19)10-8-18-11-7-5-4-6-9(11)16-12(15-2)13(18)17-10/h4-8H,3H2,1-2H3,(H,15,16). The zero-order valence-corrected chi connectivity index (χ0v) is 11.3. The number of ether oxygens (including phenoxy) is 1. The van der Waals surface area contributed by atoms with Crippen LogP contribution in [0.4, 0.5) is 5.82 Å². The third kappa shape index (κ3) is 1.85. The average Bonchev–Trinajstić information content (AvgIpc) is 2.92. The molecule has 0 aliphatic heterocycles. The minimum atomic E-state index is -0.428. The molecule has 0 aliphatic rings. The maximum absolute atomic E-state index is 11.8. The average molecular weight is 270 g/mol. The smallest absolute Gasteiger partial charge is 0.358 e. The van der Waals surface area contributed by atoms with Crippen molar-refractivity contribution in [3.63, 3.8) is 0 Å². The van der Waals surface area contributed by atoms with Crippen LogP contribution in [0.25, 0.3) is 16.7 Å². The topological polar surface area (TPSA) is 68.5 Å². The van der Waals surface area contributed by atoms with Gasteiger partial charge in [0.15, 0.2) is 17.2 Å². The van der Waals surface area contributed by atoms with Crippen molar-refractivity contribution in [2.75, 3.05) is 19.0 Å². The predicted molar refractivity (Wildman–Crippen MR) is 76.0 cm³/mol. The van der Waals surface area contributed by atoms with E-state index in [-0.39, 0.29) is 5.69 Å². The molecule has 0 saturated heterocycles. The first-order chi connectivity index (χ1) is 9.74. The molecule has 3 aromatic rings. The van der Waals surface area contributed by atoms with Crippen LogP contribution in [0.5, 0.6) is 0 Å². The van der Waals surface area contributed by atoms with E-state index in [1.165, 1.54) is 0 Å². The minimum Gasteiger partial charge on any atom is -0.461 e. The Morgan fingerprint density at radius 3 is 2.90 bits per heavy atom. The summed E-state index contributed by atoms with van der Waals surface area (Å²) in [6.45, 7) is 2.09. The van der Waals surface area contributed by atoms with Crippen molar-refractivity contribution in [2.24, 2.45) is 0 Å². The molecule has 6 nitrogen and oxygen atoms in total. The molecule has 1 aromatic carbocycles. The molecular weight excluding hydrogens is 256 g/mol. The first-order valence-electron chi connectivity index (χ1n) is 6.37. The summed E-state index contributed by atoms with van der Waals surface area (Å²) in [7, 11) is 1.77. The van der Waals surface area contributed by atoms with Crippen LogP contribution in [0.1, 0.15) is 17.4 Å². The van der Waals surface area contributed by atoms with Gasteiger partial charge in [-0.15, -0.1) is 0 Å². The molecule has 2 heterocycles. The molecule has 0 radical (unpaired) electrons. The molecule has 20 heavy (non-hydrogen) atoms. The zero-order chi connectivity index (χ0) is 14.1. The van der Waals surface area contributed by atoms with E-state index in [0.717, 1.165) is 11.0 Å². The number of nitrogens with one attached hydrogen (secondary N) is 1. The molecule has 2 aromatic heterocycles. The summed E-state index contributed by atoms with van der Waals surface area (Å²) in [5, 5.41) is 3.00. The third-order valence-corrected chi connectivity index (χ3v) is 3.01. The number of carbonyl (C=O) groups excluding carboxylic acids is 1. The van der Waals surface area contributed by atoms with Crippen molar-refractivity contribution in [3.8, 4) is 0 Å². The molecular formula is C14H14N4O2. The molecule has 0 aliphatic carbocycles. The van der Waals surface area contributed by atoms with Gasteiger partial charge in [-0.2, -0.15) is 0 Å². The Hall–Kier alpha value is -2.63. The number of anilines is 1. The summed E-state index contributed by atoms with van der Waals surface area (Å²) < 4.78 is 6.84. The van der Waals surface area contributed by atoms with E-state index in [9.17, 15) is 4.79 Å². The fourth-order valence-corrected chi connectivity index (χ4v) is 2.13. The van der Waals surface area contributed by atoms with E-state index in [0.29, 0.717) is 18.1 Å². The van der Waals surface area contributed by atoms with E-state index in [1.807, 2.05) is 28.7 Å². The van der Waals surface area contributed by atoms with Gasteiger partial charge in [0.2, 0.25) is 0 Å². The number of rotatable bonds is 3. The number of hydrogen-bond donors (Lipinski definition) is 1. The molecule has 0 unspecified atom stereocenters. The number of aromatic nitrogens is 3. The molecule has 6 heteroatoms. The molecule has 1 N–H and O–H groups in total. The maximum atomic E-state index is 11.8. The minimum absolute atomic E-state index is 0.279.